The number of carboxylic acids is 1. The highest BCUT2D eigenvalue weighted by Crippen LogP contribution is 1.96. The average molecular weight is 153 g/mol. The van der Waals surface area contributed by atoms with Gasteiger partial charge in [-0.25, -0.2) is 0 Å². The summed E-state index contributed by atoms with van der Waals surface area (Å²) in [5.41, 5.74) is 5.16. The lowest BCUT2D eigenvalue weighted by Gasteiger charge is -2.07. The van der Waals surface area contributed by atoms with Gasteiger partial charge in [-0.1, -0.05) is 13.8 Å². The van der Waals surface area contributed by atoms with Crippen LogP contribution in [0.4, 0.5) is 0 Å². The van der Waals surface area contributed by atoms with Crippen molar-refractivity contribution in [2.75, 3.05) is 0 Å². The van der Waals surface area contributed by atoms with Crippen molar-refractivity contribution < 1.29 is 20.9 Å². The van der Waals surface area contributed by atoms with Crippen molar-refractivity contribution in [3.63, 3.8) is 0 Å². The second-order valence-corrected chi connectivity index (χ2v) is 2.11. The number of carboxylic acid groups (broad SMARTS) is 1. The molecule has 0 aliphatic carbocycles. The number of hydrogen-bond donors (Lipinski definition) is 2. The van der Waals surface area contributed by atoms with Crippen molar-refractivity contribution in [1.82, 2.24) is 0 Å². The molecule has 0 amide bonds. The Morgan fingerprint density at radius 3 is 1.70 bits per heavy atom. The van der Waals surface area contributed by atoms with Crippen LogP contribution in [0.1, 0.15) is 13.8 Å². The fraction of sp³-hybridized carbons (Fsp3) is 0.800. The number of nitrogens with two attached hydrogens (primary N) is 1. The zero-order valence-corrected chi connectivity index (χ0v) is 6.09. The van der Waals surface area contributed by atoms with Crippen LogP contribution in [0.3, 0.4) is 0 Å². The molecule has 0 aromatic heterocycles. The minimum absolute atomic E-state index is 0. The van der Waals surface area contributed by atoms with Gasteiger partial charge >= 0.3 is 5.97 Å². The fourth-order valence-corrected chi connectivity index (χ4v) is 0.285. The van der Waals surface area contributed by atoms with E-state index in [9.17, 15) is 4.79 Å². The van der Waals surface area contributed by atoms with E-state index in [0.717, 1.165) is 0 Å². The molecule has 0 bridgehead atoms. The molecule has 0 aliphatic rings. The lowest BCUT2D eigenvalue weighted by molar-refractivity contribution is -0.139. The Morgan fingerprint density at radius 2 is 1.70 bits per heavy atom. The molecule has 10 heavy (non-hydrogen) atoms. The van der Waals surface area contributed by atoms with Gasteiger partial charge in [-0.3, -0.25) is 4.79 Å². The van der Waals surface area contributed by atoms with Gasteiger partial charge in [0.25, 0.3) is 0 Å². The first-order valence-electron chi connectivity index (χ1n) is 2.54. The summed E-state index contributed by atoms with van der Waals surface area (Å²) >= 11 is 0. The average Bonchev–Trinajstić information content (AvgIpc) is 1.64. The Bertz CT molecular complexity index is 93.6. The van der Waals surface area contributed by atoms with E-state index in [1.807, 2.05) is 0 Å². The van der Waals surface area contributed by atoms with Gasteiger partial charge in [0.2, 0.25) is 0 Å². The number of hydrogen-bond acceptors (Lipinski definition) is 2. The van der Waals surface area contributed by atoms with Crippen LogP contribution in [0.5, 0.6) is 0 Å². The molecule has 0 saturated carbocycles. The van der Waals surface area contributed by atoms with E-state index >= 15 is 0 Å². The third-order valence-corrected chi connectivity index (χ3v) is 1.00. The van der Waals surface area contributed by atoms with E-state index in [4.69, 9.17) is 10.8 Å². The molecule has 0 heterocycles. The molecule has 5 nitrogen and oxygen atoms in total. The fourth-order valence-electron chi connectivity index (χ4n) is 0.285. The van der Waals surface area contributed by atoms with Crippen LogP contribution in [0.25, 0.3) is 0 Å². The first-order chi connectivity index (χ1) is 3.55. The lowest BCUT2D eigenvalue weighted by Crippen LogP contribution is -2.34. The van der Waals surface area contributed by atoms with Crippen LogP contribution in [-0.2, 0) is 4.79 Å². The van der Waals surface area contributed by atoms with E-state index in [-0.39, 0.29) is 16.9 Å². The van der Waals surface area contributed by atoms with Crippen molar-refractivity contribution in [2.45, 2.75) is 19.9 Å². The Labute approximate surface area is 59.5 Å². The minimum atomic E-state index is -0.931. The summed E-state index contributed by atoms with van der Waals surface area (Å²) in [4.78, 5) is 10.0. The van der Waals surface area contributed by atoms with Crippen molar-refractivity contribution in [3.8, 4) is 0 Å². The van der Waals surface area contributed by atoms with Gasteiger partial charge in [-0.05, 0) is 5.92 Å². The topological polar surface area (TPSA) is 126 Å². The maximum atomic E-state index is 10.0. The molecular weight excluding hydrogens is 138 g/mol. The molecule has 1 atom stereocenters. The molecule has 0 radical (unpaired) electrons. The van der Waals surface area contributed by atoms with Gasteiger partial charge in [0.15, 0.2) is 0 Å². The molecule has 7 N–H and O–H groups in total. The molecule has 0 rings (SSSR count). The maximum absolute atomic E-state index is 10.0. The van der Waals surface area contributed by atoms with Crippen LogP contribution >= 0.6 is 0 Å². The standard InChI is InChI=1S/C5H11NO2.2H2O/c1-3(2)4(6)5(7)8;;/h3-4H,6H2,1-2H3,(H,7,8);2*1H2. The molecule has 0 aliphatic heterocycles. The minimum Gasteiger partial charge on any atom is -0.480 e. The van der Waals surface area contributed by atoms with E-state index in [1.165, 1.54) is 0 Å². The summed E-state index contributed by atoms with van der Waals surface area (Å²) in [6.07, 6.45) is 0. The molecule has 5 heteroatoms. The summed E-state index contributed by atoms with van der Waals surface area (Å²) in [6.45, 7) is 3.55. The molecular formula is C5H15NO4. The van der Waals surface area contributed by atoms with Crippen LogP contribution < -0.4 is 5.73 Å². The predicted molar refractivity (Wildman–Crippen MR) is 37.7 cm³/mol. The van der Waals surface area contributed by atoms with Gasteiger partial charge < -0.3 is 21.8 Å². The third-order valence-electron chi connectivity index (χ3n) is 1.00. The van der Waals surface area contributed by atoms with E-state index in [1.54, 1.807) is 13.8 Å². The first-order valence-corrected chi connectivity index (χ1v) is 2.54. The van der Waals surface area contributed by atoms with Gasteiger partial charge in [0.1, 0.15) is 6.04 Å². The molecule has 64 valence electrons. The lowest BCUT2D eigenvalue weighted by atomic mass is 10.1. The molecule has 0 spiro atoms. The second-order valence-electron chi connectivity index (χ2n) is 2.11. The van der Waals surface area contributed by atoms with Crippen LogP contribution in [0.2, 0.25) is 0 Å². The number of carbonyl (C=O) groups is 1. The van der Waals surface area contributed by atoms with Crippen molar-refractivity contribution in [2.24, 2.45) is 11.7 Å². The van der Waals surface area contributed by atoms with E-state index < -0.39 is 12.0 Å². The zero-order chi connectivity index (χ0) is 6.73. The molecule has 1 unspecified atom stereocenters. The molecule has 0 aromatic carbocycles. The highest BCUT2D eigenvalue weighted by atomic mass is 16.4. The normalized spacial score (nSPS) is 11.2. The van der Waals surface area contributed by atoms with Crippen molar-refractivity contribution >= 4 is 5.97 Å². The van der Waals surface area contributed by atoms with Crippen molar-refractivity contribution in [3.05, 3.63) is 0 Å². The van der Waals surface area contributed by atoms with E-state index in [0.29, 0.717) is 0 Å². The summed E-state index contributed by atoms with van der Waals surface area (Å²) in [6, 6.07) is -0.713. The molecule has 0 saturated heterocycles. The summed E-state index contributed by atoms with van der Waals surface area (Å²) in [5.74, 6) is -0.910. The molecule has 0 aromatic rings. The Hall–Kier alpha value is -0.650. The van der Waals surface area contributed by atoms with Crippen molar-refractivity contribution in [1.29, 1.82) is 0 Å². The van der Waals surface area contributed by atoms with Gasteiger partial charge in [0.05, 0.1) is 0 Å². The Kier molecular flexibility index (Phi) is 10.5. The highest BCUT2D eigenvalue weighted by Gasteiger charge is 2.14. The first kappa shape index (κ1) is 16.2. The third kappa shape index (κ3) is 5.49. The van der Waals surface area contributed by atoms with Crippen LogP contribution in [0, 0.1) is 5.92 Å². The molecule has 0 fully saturated rings. The summed E-state index contributed by atoms with van der Waals surface area (Å²) < 4.78 is 0. The predicted octanol–water partition coefficient (Wildman–Crippen LogP) is -1.60. The van der Waals surface area contributed by atoms with Gasteiger partial charge in [-0.2, -0.15) is 0 Å². The quantitative estimate of drug-likeness (QED) is 0.496. The summed E-state index contributed by atoms with van der Waals surface area (Å²) in [7, 11) is 0. The van der Waals surface area contributed by atoms with Gasteiger partial charge in [0, 0.05) is 0 Å². The highest BCUT2D eigenvalue weighted by molar-refractivity contribution is 5.73. The van der Waals surface area contributed by atoms with Crippen LogP contribution in [0.15, 0.2) is 0 Å². The zero-order valence-electron chi connectivity index (χ0n) is 6.09. The van der Waals surface area contributed by atoms with Crippen LogP contribution in [-0.4, -0.2) is 28.1 Å². The smallest absolute Gasteiger partial charge is 0.320 e. The summed E-state index contributed by atoms with van der Waals surface area (Å²) in [5, 5.41) is 8.23. The Balaban J connectivity index is -0.000000245. The largest absolute Gasteiger partial charge is 0.480 e. The maximum Gasteiger partial charge on any atom is 0.320 e. The number of aliphatic carboxylic acids is 1. The van der Waals surface area contributed by atoms with E-state index in [2.05, 4.69) is 0 Å². The SMILES string of the molecule is CC(C)C(N)C(=O)O.O.O. The monoisotopic (exact) mass is 153 g/mol. The Morgan fingerprint density at radius 1 is 1.40 bits per heavy atom. The second kappa shape index (κ2) is 6.47. The number of rotatable bonds is 2. The van der Waals surface area contributed by atoms with Gasteiger partial charge in [-0.15, -0.1) is 0 Å².